The molecule has 1 aromatic carbocycles. The average molecular weight is 235 g/mol. The highest BCUT2D eigenvalue weighted by Crippen LogP contribution is 2.13. The number of fused-ring (bicyclic) bond motifs is 1. The molecule has 2 aromatic rings. The van der Waals surface area contributed by atoms with Gasteiger partial charge in [-0.1, -0.05) is 6.07 Å². The fourth-order valence-corrected chi connectivity index (χ4v) is 1.73. The van der Waals surface area contributed by atoms with Crippen molar-refractivity contribution in [2.75, 3.05) is 20.1 Å². The van der Waals surface area contributed by atoms with Crippen LogP contribution in [0.2, 0.25) is 0 Å². The molecule has 1 aromatic heterocycles. The predicted octanol–water partition coefficient (Wildman–Crippen LogP) is 0.440. The Balaban J connectivity index is 2.12. The van der Waals surface area contributed by atoms with Gasteiger partial charge in [0.2, 0.25) is 0 Å². The first kappa shape index (κ1) is 11.9. The zero-order valence-corrected chi connectivity index (χ0v) is 10.1. The third kappa shape index (κ3) is 2.57. The second-order valence-electron chi connectivity index (χ2n) is 4.01. The van der Waals surface area contributed by atoms with Crippen LogP contribution in [-0.2, 0) is 13.6 Å². The molecule has 0 aliphatic rings. The molecule has 1 heterocycles. The zero-order chi connectivity index (χ0) is 12.3. The lowest BCUT2D eigenvalue weighted by atomic mass is 10.2. The van der Waals surface area contributed by atoms with Crippen LogP contribution >= 0.6 is 0 Å². The second-order valence-corrected chi connectivity index (χ2v) is 4.01. The number of rotatable bonds is 5. The van der Waals surface area contributed by atoms with Crippen molar-refractivity contribution >= 4 is 11.1 Å². The van der Waals surface area contributed by atoms with Crippen molar-refractivity contribution in [3.63, 3.8) is 0 Å². The van der Waals surface area contributed by atoms with Crippen molar-refractivity contribution in [1.82, 2.24) is 15.2 Å². The lowest BCUT2D eigenvalue weighted by Gasteiger charge is -2.04. The van der Waals surface area contributed by atoms with Gasteiger partial charge in [-0.2, -0.15) is 0 Å². The van der Waals surface area contributed by atoms with Crippen molar-refractivity contribution in [2.45, 2.75) is 6.54 Å². The van der Waals surface area contributed by atoms with Gasteiger partial charge in [0.05, 0.1) is 5.52 Å². The summed E-state index contributed by atoms with van der Waals surface area (Å²) in [4.78, 5) is 11.3. The van der Waals surface area contributed by atoms with Crippen molar-refractivity contribution in [3.05, 3.63) is 34.3 Å². The maximum absolute atomic E-state index is 11.3. The minimum atomic E-state index is -0.319. The van der Waals surface area contributed by atoms with Crippen LogP contribution in [0.3, 0.4) is 0 Å². The van der Waals surface area contributed by atoms with Crippen LogP contribution in [0.4, 0.5) is 0 Å². The molecule has 0 amide bonds. The van der Waals surface area contributed by atoms with Crippen LogP contribution in [0.1, 0.15) is 5.56 Å². The third-order valence-corrected chi connectivity index (χ3v) is 2.74. The quantitative estimate of drug-likeness (QED) is 0.738. The summed E-state index contributed by atoms with van der Waals surface area (Å²) in [6.45, 7) is 2.62. The Morgan fingerprint density at radius 1 is 1.35 bits per heavy atom. The summed E-state index contributed by atoms with van der Waals surface area (Å²) >= 11 is 0. The Morgan fingerprint density at radius 2 is 2.18 bits per heavy atom. The standard InChI is InChI=1S/C12H17N3O2/c1-13-5-6-14-8-9-3-4-10-11(7-9)17-12(16)15(10)2/h3-4,7,13-14H,5-6,8H2,1-2H3. The minimum absolute atomic E-state index is 0.319. The lowest BCUT2D eigenvalue weighted by molar-refractivity contribution is 0.527. The first-order valence-electron chi connectivity index (χ1n) is 5.66. The molecular weight excluding hydrogens is 218 g/mol. The normalized spacial score (nSPS) is 11.2. The number of nitrogens with one attached hydrogen (secondary N) is 2. The highest BCUT2D eigenvalue weighted by atomic mass is 16.4. The van der Waals surface area contributed by atoms with E-state index in [0.717, 1.165) is 30.7 Å². The number of oxazole rings is 1. The van der Waals surface area contributed by atoms with Gasteiger partial charge in [0, 0.05) is 26.7 Å². The SMILES string of the molecule is CNCCNCc1ccc2c(c1)oc(=O)n2C. The Bertz CT molecular complexity index is 556. The smallest absolute Gasteiger partial charge is 0.408 e. The maximum Gasteiger partial charge on any atom is 0.419 e. The fraction of sp³-hybridized carbons (Fsp3) is 0.417. The molecule has 0 aliphatic carbocycles. The van der Waals surface area contributed by atoms with Gasteiger partial charge >= 0.3 is 5.76 Å². The monoisotopic (exact) mass is 235 g/mol. The summed E-state index contributed by atoms with van der Waals surface area (Å²) in [6.07, 6.45) is 0. The van der Waals surface area contributed by atoms with Crippen molar-refractivity contribution in [1.29, 1.82) is 0 Å². The molecule has 0 saturated carbocycles. The maximum atomic E-state index is 11.3. The molecule has 0 atom stereocenters. The van der Waals surface area contributed by atoms with Gasteiger partial charge in [0.1, 0.15) is 0 Å². The van der Waals surface area contributed by atoms with E-state index in [1.54, 1.807) is 7.05 Å². The van der Waals surface area contributed by atoms with Gasteiger partial charge in [0.25, 0.3) is 0 Å². The second kappa shape index (κ2) is 5.16. The van der Waals surface area contributed by atoms with Crippen LogP contribution in [0.5, 0.6) is 0 Å². The molecule has 5 heteroatoms. The molecule has 0 unspecified atom stereocenters. The van der Waals surface area contributed by atoms with E-state index in [4.69, 9.17) is 4.42 Å². The van der Waals surface area contributed by atoms with Crippen molar-refractivity contribution < 1.29 is 4.42 Å². The first-order chi connectivity index (χ1) is 8.22. The third-order valence-electron chi connectivity index (χ3n) is 2.74. The molecule has 2 N–H and O–H groups in total. The van der Waals surface area contributed by atoms with Gasteiger partial charge in [-0.3, -0.25) is 4.57 Å². The van der Waals surface area contributed by atoms with Crippen LogP contribution in [0, 0.1) is 0 Å². The number of benzene rings is 1. The number of aryl methyl sites for hydroxylation is 1. The average Bonchev–Trinajstić information content (AvgIpc) is 2.61. The number of hydrogen-bond donors (Lipinski definition) is 2. The summed E-state index contributed by atoms with van der Waals surface area (Å²) in [5, 5.41) is 6.37. The van der Waals surface area contributed by atoms with E-state index >= 15 is 0 Å². The van der Waals surface area contributed by atoms with Gasteiger partial charge in [0.15, 0.2) is 5.58 Å². The number of aromatic nitrogens is 1. The largest absolute Gasteiger partial charge is 0.419 e. The van der Waals surface area contributed by atoms with E-state index in [-0.39, 0.29) is 5.76 Å². The van der Waals surface area contributed by atoms with Crippen molar-refractivity contribution in [2.24, 2.45) is 7.05 Å². The van der Waals surface area contributed by atoms with Crippen molar-refractivity contribution in [3.8, 4) is 0 Å². The molecule has 0 radical (unpaired) electrons. The van der Waals surface area contributed by atoms with Gasteiger partial charge in [-0.15, -0.1) is 0 Å². The molecule has 2 rings (SSSR count). The van der Waals surface area contributed by atoms with Crippen LogP contribution < -0.4 is 16.4 Å². The summed E-state index contributed by atoms with van der Waals surface area (Å²) in [5.74, 6) is -0.319. The molecule has 0 spiro atoms. The molecule has 17 heavy (non-hydrogen) atoms. The Morgan fingerprint density at radius 3 is 2.94 bits per heavy atom. The fourth-order valence-electron chi connectivity index (χ4n) is 1.73. The highest BCUT2D eigenvalue weighted by Gasteiger charge is 2.05. The van der Waals surface area contributed by atoms with E-state index in [9.17, 15) is 4.79 Å². The first-order valence-corrected chi connectivity index (χ1v) is 5.66. The van der Waals surface area contributed by atoms with Crippen LogP contribution in [0.15, 0.2) is 27.4 Å². The van der Waals surface area contributed by atoms with E-state index in [0.29, 0.717) is 5.58 Å². The van der Waals surface area contributed by atoms with Gasteiger partial charge in [-0.05, 0) is 24.7 Å². The number of hydrogen-bond acceptors (Lipinski definition) is 4. The predicted molar refractivity (Wildman–Crippen MR) is 67.1 cm³/mol. The molecule has 5 nitrogen and oxygen atoms in total. The summed E-state index contributed by atoms with van der Waals surface area (Å²) in [6, 6.07) is 5.82. The molecule has 0 bridgehead atoms. The van der Waals surface area contributed by atoms with Gasteiger partial charge in [-0.25, -0.2) is 4.79 Å². The van der Waals surface area contributed by atoms with E-state index in [1.807, 2.05) is 25.2 Å². The molecule has 0 aliphatic heterocycles. The molecule has 0 saturated heterocycles. The summed E-state index contributed by atoms with van der Waals surface area (Å²) in [5.41, 5.74) is 2.59. The topological polar surface area (TPSA) is 59.2 Å². The summed E-state index contributed by atoms with van der Waals surface area (Å²) in [7, 11) is 3.63. The lowest BCUT2D eigenvalue weighted by Crippen LogP contribution is -2.24. The highest BCUT2D eigenvalue weighted by molar-refractivity contribution is 5.73. The number of nitrogens with zero attached hydrogens (tertiary/aromatic N) is 1. The summed E-state index contributed by atoms with van der Waals surface area (Å²) < 4.78 is 6.64. The molecular formula is C12H17N3O2. The Hall–Kier alpha value is -1.59. The minimum Gasteiger partial charge on any atom is -0.408 e. The van der Waals surface area contributed by atoms with Crippen LogP contribution in [-0.4, -0.2) is 24.7 Å². The van der Waals surface area contributed by atoms with Gasteiger partial charge < -0.3 is 15.1 Å². The number of likely N-dealkylation sites (N-methyl/N-ethyl adjacent to an activating group) is 1. The Labute approximate surface area is 99.4 Å². The molecule has 92 valence electrons. The van der Waals surface area contributed by atoms with E-state index in [1.165, 1.54) is 4.57 Å². The zero-order valence-electron chi connectivity index (χ0n) is 10.1. The van der Waals surface area contributed by atoms with E-state index in [2.05, 4.69) is 10.6 Å². The van der Waals surface area contributed by atoms with Crippen LogP contribution in [0.25, 0.3) is 11.1 Å². The van der Waals surface area contributed by atoms with E-state index < -0.39 is 0 Å². The molecule has 0 fully saturated rings. The Kier molecular flexibility index (Phi) is 3.61.